The second-order valence-corrected chi connectivity index (χ2v) is 9.21. The Morgan fingerprint density at radius 2 is 2.03 bits per heavy atom. The highest BCUT2D eigenvalue weighted by molar-refractivity contribution is 5.78. The molecule has 8 nitrogen and oxygen atoms in total. The van der Waals surface area contributed by atoms with E-state index in [2.05, 4.69) is 15.5 Å². The van der Waals surface area contributed by atoms with Gasteiger partial charge in [0, 0.05) is 32.4 Å². The maximum atomic E-state index is 13.6. The highest BCUT2D eigenvalue weighted by atomic mass is 19.4. The van der Waals surface area contributed by atoms with Crippen molar-refractivity contribution in [3.05, 3.63) is 82.1 Å². The molecular formula is C25H25F3N6O2. The van der Waals surface area contributed by atoms with E-state index in [1.54, 1.807) is 18.5 Å². The summed E-state index contributed by atoms with van der Waals surface area (Å²) in [5.74, 6) is 0.716. The number of benzene rings is 1. The van der Waals surface area contributed by atoms with E-state index < -0.39 is 17.4 Å². The van der Waals surface area contributed by atoms with Gasteiger partial charge in [-0.25, -0.2) is 4.79 Å². The fourth-order valence-corrected chi connectivity index (χ4v) is 4.91. The number of fused-ring (bicyclic) bond motifs is 1. The Bertz CT molecular complexity index is 1500. The van der Waals surface area contributed by atoms with Crippen molar-refractivity contribution in [1.82, 2.24) is 29.0 Å². The van der Waals surface area contributed by atoms with Crippen molar-refractivity contribution < 1.29 is 18.0 Å². The summed E-state index contributed by atoms with van der Waals surface area (Å²) < 4.78 is 44.9. The molecule has 1 unspecified atom stereocenters. The van der Waals surface area contributed by atoms with E-state index in [4.69, 9.17) is 0 Å². The minimum absolute atomic E-state index is 0.0590. The number of carbonyl (C=O) groups is 1. The number of carbonyl (C=O) groups excluding carboxylic acids is 1. The van der Waals surface area contributed by atoms with Gasteiger partial charge in [0.2, 0.25) is 5.91 Å². The molecule has 0 bridgehead atoms. The fraction of sp³-hybridized carbons (Fsp3) is 0.360. The molecule has 0 radical (unpaired) electrons. The van der Waals surface area contributed by atoms with Crippen molar-refractivity contribution in [3.63, 3.8) is 0 Å². The third-order valence-electron chi connectivity index (χ3n) is 6.93. The molecule has 1 aliphatic rings. The third kappa shape index (κ3) is 4.18. The zero-order valence-electron chi connectivity index (χ0n) is 19.8. The normalized spacial score (nSPS) is 15.1. The number of halogens is 3. The molecular weight excluding hydrogens is 473 g/mol. The summed E-state index contributed by atoms with van der Waals surface area (Å²) in [6.45, 7) is 0. The van der Waals surface area contributed by atoms with E-state index in [-0.39, 0.29) is 23.8 Å². The molecule has 1 atom stereocenters. The third-order valence-corrected chi connectivity index (χ3v) is 6.93. The summed E-state index contributed by atoms with van der Waals surface area (Å²) in [6, 6.07) is 7.54. The largest absolute Gasteiger partial charge is 0.418 e. The Labute approximate surface area is 204 Å². The Morgan fingerprint density at radius 1 is 1.25 bits per heavy atom. The highest BCUT2D eigenvalue weighted by Gasteiger charge is 2.35. The number of likely N-dealkylation sites (N-methyl/N-ethyl adjacent to an activating group) is 1. The molecule has 0 aliphatic heterocycles. The molecule has 5 rings (SSSR count). The number of nitrogens with one attached hydrogen (secondary N) is 1. The van der Waals surface area contributed by atoms with Crippen LogP contribution in [-0.4, -0.2) is 36.7 Å². The fourth-order valence-electron chi connectivity index (χ4n) is 4.91. The lowest BCUT2D eigenvalue weighted by Crippen LogP contribution is -2.25. The summed E-state index contributed by atoms with van der Waals surface area (Å²) in [7, 11) is 3.40. The van der Waals surface area contributed by atoms with Crippen molar-refractivity contribution in [3.8, 4) is 5.69 Å². The smallest absolute Gasteiger partial charge is 0.359 e. The van der Waals surface area contributed by atoms with E-state index in [0.29, 0.717) is 17.2 Å². The van der Waals surface area contributed by atoms with E-state index in [1.807, 2.05) is 17.7 Å². The molecule has 1 saturated carbocycles. The number of alkyl halides is 3. The van der Waals surface area contributed by atoms with E-state index in [9.17, 15) is 22.8 Å². The van der Waals surface area contributed by atoms with Gasteiger partial charge in [-0.2, -0.15) is 13.2 Å². The van der Waals surface area contributed by atoms with Crippen molar-refractivity contribution >= 4 is 11.4 Å². The van der Waals surface area contributed by atoms with Gasteiger partial charge < -0.3 is 9.88 Å². The number of aryl methyl sites for hydroxylation is 1. The number of nitrogens with zero attached hydrogens (tertiary/aromatic N) is 5. The van der Waals surface area contributed by atoms with Crippen LogP contribution in [0.3, 0.4) is 0 Å². The molecule has 0 saturated heterocycles. The van der Waals surface area contributed by atoms with Gasteiger partial charge >= 0.3 is 11.9 Å². The van der Waals surface area contributed by atoms with Crippen LogP contribution in [0.15, 0.2) is 53.8 Å². The summed E-state index contributed by atoms with van der Waals surface area (Å²) >= 11 is 0. The molecule has 11 heteroatoms. The molecule has 1 amide bonds. The van der Waals surface area contributed by atoms with Crippen molar-refractivity contribution in [2.45, 2.75) is 37.8 Å². The van der Waals surface area contributed by atoms with Crippen LogP contribution in [0.5, 0.6) is 0 Å². The molecule has 1 aliphatic carbocycles. The van der Waals surface area contributed by atoms with Crippen LogP contribution in [-0.2, 0) is 24.4 Å². The minimum atomic E-state index is -4.61. The SMILES string of the molecule is CNC(=O)Cc1cc(C(c2nncn2C)C2CCC2)cc(-n2cc3c(C(F)(F)F)cccn3c2=O)c1. The summed E-state index contributed by atoms with van der Waals surface area (Å²) in [4.78, 5) is 25.4. The summed E-state index contributed by atoms with van der Waals surface area (Å²) in [5, 5.41) is 11.0. The number of amides is 1. The number of pyridine rings is 1. The van der Waals surface area contributed by atoms with Crippen LogP contribution in [0, 0.1) is 5.92 Å². The van der Waals surface area contributed by atoms with Crippen LogP contribution in [0.25, 0.3) is 11.2 Å². The second kappa shape index (κ2) is 8.96. The first-order valence-corrected chi connectivity index (χ1v) is 11.7. The van der Waals surface area contributed by atoms with Crippen LogP contribution < -0.4 is 11.0 Å². The predicted molar refractivity (Wildman–Crippen MR) is 126 cm³/mol. The zero-order valence-corrected chi connectivity index (χ0v) is 19.8. The average molecular weight is 499 g/mol. The van der Waals surface area contributed by atoms with Crippen LogP contribution in [0.1, 0.15) is 47.7 Å². The quantitative estimate of drug-likeness (QED) is 0.441. The van der Waals surface area contributed by atoms with Crippen molar-refractivity contribution in [1.29, 1.82) is 0 Å². The van der Waals surface area contributed by atoms with Crippen molar-refractivity contribution in [2.75, 3.05) is 7.05 Å². The molecule has 36 heavy (non-hydrogen) atoms. The molecule has 1 fully saturated rings. The Hall–Kier alpha value is -3.89. The molecule has 3 heterocycles. The van der Waals surface area contributed by atoms with Gasteiger partial charge in [-0.15, -0.1) is 10.2 Å². The molecule has 4 aromatic rings. The molecule has 0 spiro atoms. The Kier molecular flexibility index (Phi) is 5.93. The molecule has 3 aromatic heterocycles. The van der Waals surface area contributed by atoms with Gasteiger partial charge in [0.05, 0.1) is 23.2 Å². The number of hydrogen-bond acceptors (Lipinski definition) is 4. The first-order valence-electron chi connectivity index (χ1n) is 11.7. The molecule has 1 aromatic carbocycles. The number of aromatic nitrogens is 5. The van der Waals surface area contributed by atoms with Gasteiger partial charge in [0.25, 0.3) is 0 Å². The van der Waals surface area contributed by atoms with Gasteiger partial charge in [0.15, 0.2) is 0 Å². The van der Waals surface area contributed by atoms with Crippen LogP contribution >= 0.6 is 0 Å². The van der Waals surface area contributed by atoms with Gasteiger partial charge in [0.1, 0.15) is 12.2 Å². The van der Waals surface area contributed by atoms with Crippen LogP contribution in [0.2, 0.25) is 0 Å². The standard InChI is InChI=1S/C25H25F3N6O2/c1-29-21(35)11-15-9-17(22(16-5-3-6-16)23-31-30-14-32(23)2)12-18(10-15)34-13-20-19(25(26,27)28)7-4-8-33(20)24(34)36/h4,7-10,12-14,16,22H,3,5-6,11H2,1-2H3,(H,29,35). The lowest BCUT2D eigenvalue weighted by atomic mass is 9.72. The molecule has 1 N–H and O–H groups in total. The Balaban J connectivity index is 1.71. The predicted octanol–water partition coefficient (Wildman–Crippen LogP) is 3.46. The molecule has 188 valence electrons. The van der Waals surface area contributed by atoms with Crippen LogP contribution in [0.4, 0.5) is 13.2 Å². The first-order chi connectivity index (χ1) is 17.2. The maximum absolute atomic E-state index is 13.6. The topological polar surface area (TPSA) is 86.2 Å². The minimum Gasteiger partial charge on any atom is -0.359 e. The maximum Gasteiger partial charge on any atom is 0.418 e. The Morgan fingerprint density at radius 3 is 2.64 bits per heavy atom. The average Bonchev–Trinajstić information content (AvgIpc) is 3.38. The van der Waals surface area contributed by atoms with Gasteiger partial charge in [-0.3, -0.25) is 13.8 Å². The monoisotopic (exact) mass is 498 g/mol. The van der Waals surface area contributed by atoms with E-state index in [1.165, 1.54) is 30.1 Å². The summed E-state index contributed by atoms with van der Waals surface area (Å²) in [6.07, 6.45) is 2.68. The number of rotatable bonds is 6. The highest BCUT2D eigenvalue weighted by Crippen LogP contribution is 2.43. The first kappa shape index (κ1) is 23.8. The van der Waals surface area contributed by atoms with Crippen molar-refractivity contribution in [2.24, 2.45) is 13.0 Å². The number of imidazole rings is 1. The van der Waals surface area contributed by atoms with Gasteiger partial charge in [-0.05, 0) is 54.2 Å². The summed E-state index contributed by atoms with van der Waals surface area (Å²) in [5.41, 5.74) is 0.112. The lowest BCUT2D eigenvalue weighted by Gasteiger charge is -2.33. The van der Waals surface area contributed by atoms with Gasteiger partial charge in [-0.1, -0.05) is 12.5 Å². The number of hydrogen-bond donors (Lipinski definition) is 1. The van der Waals surface area contributed by atoms with E-state index in [0.717, 1.165) is 41.1 Å². The van der Waals surface area contributed by atoms with E-state index >= 15 is 0 Å². The zero-order chi connectivity index (χ0) is 25.6. The lowest BCUT2D eigenvalue weighted by molar-refractivity contribution is -0.136. The second-order valence-electron chi connectivity index (χ2n) is 9.21.